The normalized spacial score (nSPS) is 9.40. The number of esters is 1. The molecule has 1 aromatic carbocycles. The zero-order valence-electron chi connectivity index (χ0n) is 8.23. The lowest BCUT2D eigenvalue weighted by atomic mass is 10.3. The maximum Gasteiger partial charge on any atom is 0.335 e. The first-order valence-electron chi connectivity index (χ1n) is 4.25. The smallest absolute Gasteiger partial charge is 0.335 e. The second kappa shape index (κ2) is 5.36. The topological polar surface area (TPSA) is 43.4 Å². The summed E-state index contributed by atoms with van der Waals surface area (Å²) in [6, 6.07) is 6.86. The van der Waals surface area contributed by atoms with Gasteiger partial charge < -0.3 is 4.74 Å². The lowest BCUT2D eigenvalue weighted by Gasteiger charge is -2.05. The standard InChI is InChI=1S/C11H10O3S/c1-3-11(13)14-9-6-4-5-7-10(9)15-8(2)12/h3-7H,1H2,2H3. The predicted molar refractivity (Wildman–Crippen MR) is 58.8 cm³/mol. The molecular formula is C11H10O3S. The lowest BCUT2D eigenvalue weighted by molar-refractivity contribution is -0.129. The summed E-state index contributed by atoms with van der Waals surface area (Å²) in [5.74, 6) is -0.158. The molecule has 0 saturated heterocycles. The van der Waals surface area contributed by atoms with Crippen molar-refractivity contribution in [3.63, 3.8) is 0 Å². The van der Waals surface area contributed by atoms with Gasteiger partial charge in [0.15, 0.2) is 5.12 Å². The van der Waals surface area contributed by atoms with Crippen LogP contribution in [0.4, 0.5) is 0 Å². The molecule has 4 heteroatoms. The van der Waals surface area contributed by atoms with Gasteiger partial charge in [-0.3, -0.25) is 4.79 Å². The van der Waals surface area contributed by atoms with Crippen molar-refractivity contribution >= 4 is 22.8 Å². The zero-order chi connectivity index (χ0) is 11.3. The molecule has 0 aliphatic heterocycles. The highest BCUT2D eigenvalue weighted by atomic mass is 32.2. The van der Waals surface area contributed by atoms with Crippen molar-refractivity contribution in [1.82, 2.24) is 0 Å². The number of rotatable bonds is 3. The first-order valence-corrected chi connectivity index (χ1v) is 5.07. The Morgan fingerprint density at radius 3 is 2.67 bits per heavy atom. The van der Waals surface area contributed by atoms with Crippen molar-refractivity contribution in [2.24, 2.45) is 0 Å². The molecule has 0 spiro atoms. The Balaban J connectivity index is 2.90. The number of benzene rings is 1. The summed E-state index contributed by atoms with van der Waals surface area (Å²) in [4.78, 5) is 22.5. The Morgan fingerprint density at radius 1 is 1.40 bits per heavy atom. The van der Waals surface area contributed by atoms with Crippen LogP contribution in [0.25, 0.3) is 0 Å². The van der Waals surface area contributed by atoms with E-state index in [9.17, 15) is 9.59 Å². The number of hydrogen-bond donors (Lipinski definition) is 0. The Hall–Kier alpha value is -1.55. The highest BCUT2D eigenvalue weighted by Gasteiger charge is 2.08. The molecule has 3 nitrogen and oxygen atoms in total. The molecule has 0 radical (unpaired) electrons. The predicted octanol–water partition coefficient (Wildman–Crippen LogP) is 2.42. The fourth-order valence-electron chi connectivity index (χ4n) is 0.924. The van der Waals surface area contributed by atoms with E-state index in [-0.39, 0.29) is 5.12 Å². The van der Waals surface area contributed by atoms with Crippen LogP contribution >= 0.6 is 11.8 Å². The molecule has 0 N–H and O–H groups in total. The number of thioether (sulfide) groups is 1. The van der Waals surface area contributed by atoms with Crippen LogP contribution in [0.1, 0.15) is 6.92 Å². The van der Waals surface area contributed by atoms with Gasteiger partial charge >= 0.3 is 5.97 Å². The molecule has 1 rings (SSSR count). The second-order valence-electron chi connectivity index (χ2n) is 2.67. The van der Waals surface area contributed by atoms with Gasteiger partial charge in [-0.1, -0.05) is 18.7 Å². The SMILES string of the molecule is C=CC(=O)Oc1ccccc1SC(C)=O. The maximum absolute atomic E-state index is 11.0. The summed E-state index contributed by atoms with van der Waals surface area (Å²) >= 11 is 1.03. The zero-order valence-corrected chi connectivity index (χ0v) is 9.04. The third kappa shape index (κ3) is 3.59. The van der Waals surface area contributed by atoms with Gasteiger partial charge in [-0.25, -0.2) is 4.79 Å². The van der Waals surface area contributed by atoms with Crippen molar-refractivity contribution in [3.05, 3.63) is 36.9 Å². The molecule has 0 saturated carbocycles. The summed E-state index contributed by atoms with van der Waals surface area (Å²) in [6.07, 6.45) is 1.08. The molecule has 0 aliphatic carbocycles. The van der Waals surface area contributed by atoms with E-state index in [0.717, 1.165) is 17.8 Å². The fraction of sp³-hybridized carbons (Fsp3) is 0.0909. The minimum absolute atomic E-state index is 0.0582. The molecule has 0 heterocycles. The number of para-hydroxylation sites is 1. The largest absolute Gasteiger partial charge is 0.422 e. The molecule has 1 aromatic rings. The Kier molecular flexibility index (Phi) is 4.12. The first-order chi connectivity index (χ1) is 7.13. The van der Waals surface area contributed by atoms with E-state index >= 15 is 0 Å². The van der Waals surface area contributed by atoms with Gasteiger partial charge in [-0.05, 0) is 23.9 Å². The van der Waals surface area contributed by atoms with Crippen LogP contribution in [0, 0.1) is 0 Å². The third-order valence-corrected chi connectivity index (χ3v) is 2.32. The van der Waals surface area contributed by atoms with Gasteiger partial charge in [0.2, 0.25) is 0 Å². The van der Waals surface area contributed by atoms with Gasteiger partial charge in [0, 0.05) is 13.0 Å². The highest BCUT2D eigenvalue weighted by Crippen LogP contribution is 2.29. The quantitative estimate of drug-likeness (QED) is 0.341. The van der Waals surface area contributed by atoms with Gasteiger partial charge in [-0.2, -0.15) is 0 Å². The molecule has 0 unspecified atom stereocenters. The van der Waals surface area contributed by atoms with Gasteiger partial charge in [0.25, 0.3) is 0 Å². The van der Waals surface area contributed by atoms with E-state index in [2.05, 4.69) is 6.58 Å². The summed E-state index contributed by atoms with van der Waals surface area (Å²) < 4.78 is 4.97. The molecule has 0 atom stereocenters. The molecule has 0 aliphatic rings. The first kappa shape index (κ1) is 11.5. The molecule has 0 aromatic heterocycles. The average molecular weight is 222 g/mol. The van der Waals surface area contributed by atoms with E-state index in [1.165, 1.54) is 6.92 Å². The second-order valence-corrected chi connectivity index (χ2v) is 3.88. The van der Waals surface area contributed by atoms with Crippen molar-refractivity contribution in [2.75, 3.05) is 0 Å². The molecular weight excluding hydrogens is 212 g/mol. The minimum atomic E-state index is -0.536. The van der Waals surface area contributed by atoms with E-state index in [1.807, 2.05) is 0 Å². The number of hydrogen-bond acceptors (Lipinski definition) is 4. The number of carbonyl (C=O) groups is 2. The van der Waals surface area contributed by atoms with E-state index in [4.69, 9.17) is 4.74 Å². The number of carbonyl (C=O) groups excluding carboxylic acids is 2. The summed E-state index contributed by atoms with van der Waals surface area (Å²) in [5.41, 5.74) is 0. The minimum Gasteiger partial charge on any atom is -0.422 e. The van der Waals surface area contributed by atoms with E-state index in [0.29, 0.717) is 10.6 Å². The summed E-state index contributed by atoms with van der Waals surface area (Å²) in [7, 11) is 0. The monoisotopic (exact) mass is 222 g/mol. The van der Waals surface area contributed by atoms with Crippen molar-refractivity contribution in [1.29, 1.82) is 0 Å². The fourth-order valence-corrected chi connectivity index (χ4v) is 1.59. The molecule has 0 amide bonds. The van der Waals surface area contributed by atoms with Crippen LogP contribution in [-0.2, 0) is 9.59 Å². The van der Waals surface area contributed by atoms with Crippen LogP contribution in [0.15, 0.2) is 41.8 Å². The van der Waals surface area contributed by atoms with Crippen molar-refractivity contribution in [2.45, 2.75) is 11.8 Å². The molecule has 0 fully saturated rings. The summed E-state index contributed by atoms with van der Waals surface area (Å²) in [6.45, 7) is 4.75. The van der Waals surface area contributed by atoms with E-state index < -0.39 is 5.97 Å². The van der Waals surface area contributed by atoms with Gasteiger partial charge in [0.05, 0.1) is 4.90 Å². The summed E-state index contributed by atoms with van der Waals surface area (Å²) in [5, 5.41) is -0.0582. The van der Waals surface area contributed by atoms with Crippen LogP contribution in [0.5, 0.6) is 5.75 Å². The third-order valence-electron chi connectivity index (χ3n) is 1.48. The molecule has 78 valence electrons. The van der Waals surface area contributed by atoms with Crippen LogP contribution < -0.4 is 4.74 Å². The Morgan fingerprint density at radius 2 is 2.07 bits per heavy atom. The van der Waals surface area contributed by atoms with Crippen LogP contribution in [0.3, 0.4) is 0 Å². The maximum atomic E-state index is 11.0. The molecule has 0 bridgehead atoms. The lowest BCUT2D eigenvalue weighted by Crippen LogP contribution is -2.04. The van der Waals surface area contributed by atoms with E-state index in [1.54, 1.807) is 24.3 Å². The molecule has 15 heavy (non-hydrogen) atoms. The van der Waals surface area contributed by atoms with Crippen molar-refractivity contribution in [3.8, 4) is 5.75 Å². The number of ether oxygens (including phenoxy) is 1. The van der Waals surface area contributed by atoms with Crippen LogP contribution in [-0.4, -0.2) is 11.1 Å². The highest BCUT2D eigenvalue weighted by molar-refractivity contribution is 8.13. The average Bonchev–Trinajstić information content (AvgIpc) is 2.20. The van der Waals surface area contributed by atoms with Crippen LogP contribution in [0.2, 0.25) is 0 Å². The Bertz CT molecular complexity index is 399. The van der Waals surface area contributed by atoms with Crippen molar-refractivity contribution < 1.29 is 14.3 Å². The Labute approximate surface area is 92.1 Å². The van der Waals surface area contributed by atoms with Gasteiger partial charge in [0.1, 0.15) is 5.75 Å². The van der Waals surface area contributed by atoms with Gasteiger partial charge in [-0.15, -0.1) is 0 Å².